The number of phenolic OH excluding ortho intramolecular Hbond substituents is 1. The number of aromatic hydroxyl groups is 1. The lowest BCUT2D eigenvalue weighted by Crippen LogP contribution is -2.36. The van der Waals surface area contributed by atoms with Gasteiger partial charge in [0.2, 0.25) is 5.95 Å². The largest absolute Gasteiger partial charge is 0.506 e. The SMILES string of the molecule is CC(C)(C)c1cc(NC(=O)N[C@H]2CC[C@@H](Oc3ccc4nnc(N5CCCCC5)n4c3)c3ccccc32)n(-c2ccc(Cl)c(O)c2)n1. The van der Waals surface area contributed by atoms with Gasteiger partial charge in [0.25, 0.3) is 0 Å². The Kier molecular flexibility index (Phi) is 8.17. The second-order valence-electron chi connectivity index (χ2n) is 13.3. The summed E-state index contributed by atoms with van der Waals surface area (Å²) < 4.78 is 10.2. The summed E-state index contributed by atoms with van der Waals surface area (Å²) >= 11 is 6.05. The number of carbonyl (C=O) groups is 1. The molecule has 0 radical (unpaired) electrons. The Morgan fingerprint density at radius 1 is 0.979 bits per heavy atom. The summed E-state index contributed by atoms with van der Waals surface area (Å²) in [6, 6.07) is 18.2. The Morgan fingerprint density at radius 3 is 2.53 bits per heavy atom. The fraction of sp³-hybridized carbons (Fsp3) is 0.371. The van der Waals surface area contributed by atoms with Crippen molar-refractivity contribution in [1.29, 1.82) is 0 Å². The third kappa shape index (κ3) is 6.32. The Hall–Kier alpha value is -4.77. The summed E-state index contributed by atoms with van der Waals surface area (Å²) in [5.74, 6) is 2.02. The molecule has 0 saturated carbocycles. The molecule has 11 nitrogen and oxygen atoms in total. The molecule has 2 aromatic carbocycles. The number of piperidine rings is 1. The van der Waals surface area contributed by atoms with Crippen LogP contribution in [0.5, 0.6) is 11.5 Å². The molecule has 7 rings (SSSR count). The first-order chi connectivity index (χ1) is 22.6. The number of nitrogens with zero attached hydrogens (tertiary/aromatic N) is 6. The molecule has 2 amide bonds. The number of fused-ring (bicyclic) bond motifs is 2. The van der Waals surface area contributed by atoms with Crippen molar-refractivity contribution in [3.05, 3.63) is 88.7 Å². The summed E-state index contributed by atoms with van der Waals surface area (Å²) in [5, 5.41) is 30.2. The first-order valence-electron chi connectivity index (χ1n) is 16.2. The number of urea groups is 1. The van der Waals surface area contributed by atoms with Crippen molar-refractivity contribution in [3.8, 4) is 17.2 Å². The highest BCUT2D eigenvalue weighted by Gasteiger charge is 2.30. The lowest BCUT2D eigenvalue weighted by Gasteiger charge is -2.32. The molecule has 3 N–H and O–H groups in total. The molecular formula is C35H39ClN8O3. The second-order valence-corrected chi connectivity index (χ2v) is 13.7. The zero-order valence-corrected chi connectivity index (χ0v) is 27.5. The van der Waals surface area contributed by atoms with Crippen molar-refractivity contribution < 1.29 is 14.6 Å². The zero-order chi connectivity index (χ0) is 32.7. The number of phenols is 1. The van der Waals surface area contributed by atoms with Gasteiger partial charge >= 0.3 is 6.03 Å². The van der Waals surface area contributed by atoms with E-state index in [0.29, 0.717) is 17.9 Å². The summed E-state index contributed by atoms with van der Waals surface area (Å²) in [6.45, 7) is 8.12. The first-order valence-corrected chi connectivity index (χ1v) is 16.5. The van der Waals surface area contributed by atoms with E-state index in [0.717, 1.165) is 66.5 Å². The van der Waals surface area contributed by atoms with Gasteiger partial charge in [-0.15, -0.1) is 10.2 Å². The zero-order valence-electron chi connectivity index (χ0n) is 26.8. The van der Waals surface area contributed by atoms with E-state index in [1.807, 2.05) is 47.0 Å². The van der Waals surface area contributed by atoms with Gasteiger partial charge in [-0.05, 0) is 67.5 Å². The van der Waals surface area contributed by atoms with Crippen molar-refractivity contribution in [2.75, 3.05) is 23.3 Å². The molecule has 0 bridgehead atoms. The fourth-order valence-corrected chi connectivity index (χ4v) is 6.52. The number of anilines is 2. The number of aromatic nitrogens is 5. The topological polar surface area (TPSA) is 122 Å². The van der Waals surface area contributed by atoms with Gasteiger partial charge in [-0.3, -0.25) is 9.72 Å². The number of ether oxygens (including phenoxy) is 1. The van der Waals surface area contributed by atoms with Gasteiger partial charge in [-0.2, -0.15) is 5.10 Å². The number of nitrogens with one attached hydrogen (secondary N) is 2. The lowest BCUT2D eigenvalue weighted by molar-refractivity contribution is 0.171. The summed E-state index contributed by atoms with van der Waals surface area (Å²) in [4.78, 5) is 15.8. The molecule has 3 aromatic heterocycles. The van der Waals surface area contributed by atoms with Crippen LogP contribution in [0.3, 0.4) is 0 Å². The summed E-state index contributed by atoms with van der Waals surface area (Å²) in [5.41, 5.74) is 3.95. The average Bonchev–Trinajstić information content (AvgIpc) is 3.68. The lowest BCUT2D eigenvalue weighted by atomic mass is 9.85. The molecule has 4 heterocycles. The summed E-state index contributed by atoms with van der Waals surface area (Å²) in [7, 11) is 0. The predicted molar refractivity (Wildman–Crippen MR) is 182 cm³/mol. The Labute approximate surface area is 278 Å². The van der Waals surface area contributed by atoms with Gasteiger partial charge < -0.3 is 20.1 Å². The number of amides is 2. The molecule has 5 aromatic rings. The van der Waals surface area contributed by atoms with Crippen molar-refractivity contribution in [3.63, 3.8) is 0 Å². The minimum Gasteiger partial charge on any atom is -0.506 e. The molecule has 47 heavy (non-hydrogen) atoms. The van der Waals surface area contributed by atoms with Gasteiger partial charge in [0.1, 0.15) is 23.4 Å². The third-order valence-electron chi connectivity index (χ3n) is 8.91. The van der Waals surface area contributed by atoms with Crippen LogP contribution >= 0.6 is 11.6 Å². The standard InChI is InChI=1S/C35H39ClN8O3/c1-35(2,3)30-20-32(44(41-30)22-11-13-26(36)28(45)19-22)38-33(46)37-27-14-15-29(25-10-6-5-9-24(25)27)47-23-12-16-31-39-40-34(43(31)21-23)42-17-7-4-8-18-42/h5-6,9-13,16,19-21,27,29,45H,4,7-8,14-15,17-18H2,1-3H3,(H2,37,38,46)/t27-,29+/m0/s1. The number of hydrogen-bond donors (Lipinski definition) is 3. The highest BCUT2D eigenvalue weighted by molar-refractivity contribution is 6.32. The molecule has 1 saturated heterocycles. The maximum atomic E-state index is 13.5. The number of pyridine rings is 1. The van der Waals surface area contributed by atoms with Crippen LogP contribution in [0.4, 0.5) is 16.6 Å². The Balaban J connectivity index is 1.09. The van der Waals surface area contributed by atoms with Crippen LogP contribution in [0, 0.1) is 0 Å². The molecule has 0 spiro atoms. The van der Waals surface area contributed by atoms with Crippen molar-refractivity contribution >= 4 is 35.0 Å². The number of benzene rings is 2. The first kappa shape index (κ1) is 30.9. The Bertz CT molecular complexity index is 1920. The highest BCUT2D eigenvalue weighted by atomic mass is 35.5. The molecular weight excluding hydrogens is 616 g/mol. The van der Waals surface area contributed by atoms with Crippen LogP contribution in [0.2, 0.25) is 5.02 Å². The van der Waals surface area contributed by atoms with Gasteiger partial charge in [-0.25, -0.2) is 9.48 Å². The van der Waals surface area contributed by atoms with Crippen LogP contribution in [0.1, 0.15) is 81.8 Å². The van der Waals surface area contributed by atoms with Gasteiger partial charge in [-0.1, -0.05) is 56.6 Å². The van der Waals surface area contributed by atoms with E-state index in [9.17, 15) is 9.90 Å². The smallest absolute Gasteiger partial charge is 0.320 e. The molecule has 0 unspecified atom stereocenters. The minimum absolute atomic E-state index is 0.0629. The Morgan fingerprint density at radius 2 is 1.77 bits per heavy atom. The van der Waals surface area contributed by atoms with Crippen LogP contribution in [0.25, 0.3) is 11.3 Å². The second kappa shape index (κ2) is 12.4. The van der Waals surface area contributed by atoms with Gasteiger partial charge in [0.05, 0.1) is 28.6 Å². The van der Waals surface area contributed by atoms with Crippen LogP contribution in [-0.4, -0.2) is 48.6 Å². The van der Waals surface area contributed by atoms with E-state index < -0.39 is 0 Å². The molecule has 12 heteroatoms. The number of halogens is 1. The molecule has 1 aliphatic carbocycles. The molecule has 2 aliphatic rings. The highest BCUT2D eigenvalue weighted by Crippen LogP contribution is 2.39. The van der Waals surface area contributed by atoms with Crippen LogP contribution in [-0.2, 0) is 5.41 Å². The minimum atomic E-state index is -0.354. The average molecular weight is 655 g/mol. The number of hydrogen-bond acceptors (Lipinski definition) is 7. The molecule has 1 fully saturated rings. The van der Waals surface area contributed by atoms with Gasteiger partial charge in [0, 0.05) is 30.6 Å². The van der Waals surface area contributed by atoms with E-state index in [4.69, 9.17) is 21.4 Å². The number of carbonyl (C=O) groups excluding carboxylic acids is 1. The monoisotopic (exact) mass is 654 g/mol. The van der Waals surface area contributed by atoms with E-state index in [1.54, 1.807) is 16.8 Å². The maximum absolute atomic E-state index is 13.5. The fourth-order valence-electron chi connectivity index (χ4n) is 6.40. The normalized spacial score (nSPS) is 18.2. The molecule has 2 atom stereocenters. The quantitative estimate of drug-likeness (QED) is 0.175. The van der Waals surface area contributed by atoms with Crippen molar-refractivity contribution in [2.45, 2.75) is 70.4 Å². The third-order valence-corrected chi connectivity index (χ3v) is 9.23. The summed E-state index contributed by atoms with van der Waals surface area (Å²) in [6.07, 6.45) is 6.79. The van der Waals surface area contributed by atoms with E-state index >= 15 is 0 Å². The maximum Gasteiger partial charge on any atom is 0.320 e. The van der Waals surface area contributed by atoms with Gasteiger partial charge in [0.15, 0.2) is 5.65 Å². The van der Waals surface area contributed by atoms with E-state index in [2.05, 4.69) is 52.6 Å². The van der Waals surface area contributed by atoms with E-state index in [1.165, 1.54) is 12.5 Å². The van der Waals surface area contributed by atoms with Crippen LogP contribution < -0.4 is 20.3 Å². The molecule has 1 aliphatic heterocycles. The van der Waals surface area contributed by atoms with Crippen LogP contribution in [0.15, 0.2) is 66.9 Å². The van der Waals surface area contributed by atoms with E-state index in [-0.39, 0.29) is 34.4 Å². The molecule has 244 valence electrons. The van der Waals surface area contributed by atoms with Crippen molar-refractivity contribution in [1.82, 2.24) is 29.7 Å². The van der Waals surface area contributed by atoms with Crippen molar-refractivity contribution in [2.24, 2.45) is 0 Å². The number of rotatable bonds is 6. The predicted octanol–water partition coefficient (Wildman–Crippen LogP) is 7.34.